The van der Waals surface area contributed by atoms with E-state index in [1.165, 1.54) is 0 Å². The van der Waals surface area contributed by atoms with E-state index in [4.69, 9.17) is 0 Å². The minimum absolute atomic E-state index is 0.195. The lowest BCUT2D eigenvalue weighted by atomic mass is 10.4. The number of anilines is 1. The fourth-order valence-corrected chi connectivity index (χ4v) is 1.88. The molecule has 4 heteroatoms. The maximum absolute atomic E-state index is 10.9. The molecule has 3 nitrogen and oxygen atoms in total. The fourth-order valence-electron chi connectivity index (χ4n) is 1.09. The highest BCUT2D eigenvalue weighted by molar-refractivity contribution is 7.84. The van der Waals surface area contributed by atoms with Gasteiger partial charge in [0.1, 0.15) is 5.82 Å². The minimum atomic E-state index is -0.760. The lowest BCUT2D eigenvalue weighted by molar-refractivity contribution is 0.683. The Kier molecular flexibility index (Phi) is 3.89. The van der Waals surface area contributed by atoms with Gasteiger partial charge >= 0.3 is 0 Å². The second kappa shape index (κ2) is 4.97. The van der Waals surface area contributed by atoms with Crippen LogP contribution in [-0.2, 0) is 10.8 Å². The van der Waals surface area contributed by atoms with Crippen molar-refractivity contribution in [3.8, 4) is 0 Å². The van der Waals surface area contributed by atoms with Crippen molar-refractivity contribution in [2.75, 3.05) is 17.3 Å². The number of pyridine rings is 1. The number of hydrogen-bond donors (Lipinski definition) is 1. The molecule has 1 heterocycles. The van der Waals surface area contributed by atoms with Crippen molar-refractivity contribution < 1.29 is 4.21 Å². The van der Waals surface area contributed by atoms with Gasteiger partial charge in [0, 0.05) is 35.0 Å². The van der Waals surface area contributed by atoms with Crippen LogP contribution in [0.2, 0.25) is 0 Å². The first-order chi connectivity index (χ1) is 6.18. The Morgan fingerprint density at radius 3 is 2.92 bits per heavy atom. The molecule has 0 fully saturated rings. The van der Waals surface area contributed by atoms with Crippen LogP contribution >= 0.6 is 0 Å². The third-order valence-corrected chi connectivity index (χ3v) is 2.51. The molecule has 0 aliphatic carbocycles. The highest BCUT2D eigenvalue weighted by Gasteiger charge is 2.03. The topological polar surface area (TPSA) is 42.0 Å². The maximum Gasteiger partial charge on any atom is 0.126 e. The Bertz CT molecular complexity index is 276. The number of rotatable bonds is 4. The van der Waals surface area contributed by atoms with Crippen molar-refractivity contribution in [1.82, 2.24) is 4.98 Å². The van der Waals surface area contributed by atoms with E-state index in [-0.39, 0.29) is 6.04 Å². The van der Waals surface area contributed by atoms with Gasteiger partial charge in [0.25, 0.3) is 0 Å². The van der Waals surface area contributed by atoms with Crippen molar-refractivity contribution in [3.63, 3.8) is 0 Å². The van der Waals surface area contributed by atoms with Crippen molar-refractivity contribution in [2.45, 2.75) is 13.0 Å². The molecule has 0 saturated heterocycles. The third kappa shape index (κ3) is 4.03. The maximum atomic E-state index is 10.9. The van der Waals surface area contributed by atoms with E-state index in [0.29, 0.717) is 5.75 Å². The second-order valence-electron chi connectivity index (χ2n) is 3.00. The highest BCUT2D eigenvalue weighted by atomic mass is 32.2. The van der Waals surface area contributed by atoms with E-state index >= 15 is 0 Å². The van der Waals surface area contributed by atoms with Crippen molar-refractivity contribution in [2.24, 2.45) is 0 Å². The Balaban J connectivity index is 2.45. The Morgan fingerprint density at radius 1 is 1.62 bits per heavy atom. The summed E-state index contributed by atoms with van der Waals surface area (Å²) in [5, 5.41) is 3.17. The molecule has 2 atom stereocenters. The molecule has 1 aromatic heterocycles. The summed E-state index contributed by atoms with van der Waals surface area (Å²) in [6.07, 6.45) is 3.44. The lowest BCUT2D eigenvalue weighted by Crippen LogP contribution is -2.22. The van der Waals surface area contributed by atoms with E-state index in [1.807, 2.05) is 25.1 Å². The molecule has 1 rings (SSSR count). The van der Waals surface area contributed by atoms with E-state index < -0.39 is 10.8 Å². The van der Waals surface area contributed by atoms with Crippen LogP contribution in [0.1, 0.15) is 6.92 Å². The highest BCUT2D eigenvalue weighted by Crippen LogP contribution is 2.02. The molecule has 72 valence electrons. The first-order valence-electron chi connectivity index (χ1n) is 4.16. The molecule has 1 aromatic rings. The van der Waals surface area contributed by atoms with Crippen molar-refractivity contribution in [1.29, 1.82) is 0 Å². The molecule has 13 heavy (non-hydrogen) atoms. The zero-order valence-corrected chi connectivity index (χ0v) is 8.67. The van der Waals surface area contributed by atoms with Gasteiger partial charge in [-0.3, -0.25) is 4.21 Å². The second-order valence-corrected chi connectivity index (χ2v) is 4.48. The lowest BCUT2D eigenvalue weighted by Gasteiger charge is -2.12. The van der Waals surface area contributed by atoms with E-state index in [1.54, 1.807) is 12.5 Å². The monoisotopic (exact) mass is 198 g/mol. The normalized spacial score (nSPS) is 14.9. The predicted octanol–water partition coefficient (Wildman–Crippen LogP) is 1.26. The largest absolute Gasteiger partial charge is 0.367 e. The van der Waals surface area contributed by atoms with Gasteiger partial charge in [-0.25, -0.2) is 4.98 Å². The average Bonchev–Trinajstić information content (AvgIpc) is 2.04. The Hall–Kier alpha value is -0.900. The molecule has 0 spiro atoms. The van der Waals surface area contributed by atoms with Crippen LogP contribution in [0.3, 0.4) is 0 Å². The van der Waals surface area contributed by atoms with E-state index in [0.717, 1.165) is 5.82 Å². The Labute approximate surface area is 81.0 Å². The molecule has 2 unspecified atom stereocenters. The summed E-state index contributed by atoms with van der Waals surface area (Å²) in [5.74, 6) is 1.48. The Morgan fingerprint density at radius 2 is 2.38 bits per heavy atom. The average molecular weight is 198 g/mol. The van der Waals surface area contributed by atoms with Crippen LogP contribution in [-0.4, -0.2) is 27.2 Å². The zero-order valence-electron chi connectivity index (χ0n) is 7.86. The van der Waals surface area contributed by atoms with E-state index in [9.17, 15) is 4.21 Å². The standard InChI is InChI=1S/C9H14N2OS/c1-8(7-13(2)12)11-9-5-3-4-6-10-9/h3-6,8H,7H2,1-2H3,(H,10,11). The minimum Gasteiger partial charge on any atom is -0.367 e. The van der Waals surface area contributed by atoms with Gasteiger partial charge in [-0.05, 0) is 19.1 Å². The molecule has 0 amide bonds. The number of hydrogen-bond acceptors (Lipinski definition) is 3. The molecular formula is C9H14N2OS. The predicted molar refractivity (Wildman–Crippen MR) is 56.3 cm³/mol. The van der Waals surface area contributed by atoms with Gasteiger partial charge in [-0.1, -0.05) is 6.07 Å². The van der Waals surface area contributed by atoms with Crippen molar-refractivity contribution >= 4 is 16.6 Å². The van der Waals surface area contributed by atoms with Gasteiger partial charge in [0.2, 0.25) is 0 Å². The summed E-state index contributed by atoms with van der Waals surface area (Å²) < 4.78 is 10.9. The quantitative estimate of drug-likeness (QED) is 0.792. The molecule has 1 N–H and O–H groups in total. The molecular weight excluding hydrogens is 184 g/mol. The van der Waals surface area contributed by atoms with Crippen molar-refractivity contribution in [3.05, 3.63) is 24.4 Å². The smallest absolute Gasteiger partial charge is 0.126 e. The molecule has 0 bridgehead atoms. The summed E-state index contributed by atoms with van der Waals surface area (Å²) in [6, 6.07) is 5.88. The summed E-state index contributed by atoms with van der Waals surface area (Å²) in [5.41, 5.74) is 0. The van der Waals surface area contributed by atoms with Gasteiger partial charge in [0.15, 0.2) is 0 Å². The van der Waals surface area contributed by atoms with Crippen LogP contribution in [0, 0.1) is 0 Å². The van der Waals surface area contributed by atoms with Crippen LogP contribution in [0.15, 0.2) is 24.4 Å². The molecule has 0 aliphatic rings. The van der Waals surface area contributed by atoms with Gasteiger partial charge < -0.3 is 5.32 Å². The summed E-state index contributed by atoms with van der Waals surface area (Å²) in [4.78, 5) is 4.12. The SMILES string of the molecule is CC(CS(C)=O)Nc1ccccn1. The van der Waals surface area contributed by atoms with Crippen LogP contribution < -0.4 is 5.32 Å². The molecule has 0 aliphatic heterocycles. The summed E-state index contributed by atoms with van der Waals surface area (Å²) in [7, 11) is -0.760. The van der Waals surface area contributed by atoms with Gasteiger partial charge in [-0.15, -0.1) is 0 Å². The van der Waals surface area contributed by atoms with Gasteiger partial charge in [-0.2, -0.15) is 0 Å². The third-order valence-electron chi connectivity index (χ3n) is 1.54. The van der Waals surface area contributed by atoms with E-state index in [2.05, 4.69) is 10.3 Å². The zero-order chi connectivity index (χ0) is 9.68. The van der Waals surface area contributed by atoms with Gasteiger partial charge in [0.05, 0.1) is 0 Å². The molecule has 0 saturated carbocycles. The van der Waals surface area contributed by atoms with Crippen LogP contribution in [0.4, 0.5) is 5.82 Å². The summed E-state index contributed by atoms with van der Waals surface area (Å²) in [6.45, 7) is 2.00. The first kappa shape index (κ1) is 10.2. The summed E-state index contributed by atoms with van der Waals surface area (Å²) >= 11 is 0. The number of aromatic nitrogens is 1. The molecule has 0 radical (unpaired) electrons. The first-order valence-corrected chi connectivity index (χ1v) is 5.89. The number of nitrogens with zero attached hydrogens (tertiary/aromatic N) is 1. The number of nitrogens with one attached hydrogen (secondary N) is 1. The van der Waals surface area contributed by atoms with Crippen LogP contribution in [0.25, 0.3) is 0 Å². The van der Waals surface area contributed by atoms with Crippen LogP contribution in [0.5, 0.6) is 0 Å². The fraction of sp³-hybridized carbons (Fsp3) is 0.444. The molecule has 0 aromatic carbocycles.